The Morgan fingerprint density at radius 3 is 2.88 bits per heavy atom. The Balaban J connectivity index is 1.70. The number of fused-ring (bicyclic) bond motifs is 1. The zero-order chi connectivity index (χ0) is 18.0. The molecular formula is C17H28N4O4. The number of aryl methyl sites for hydroxylation is 1. The third-order valence-electron chi connectivity index (χ3n) is 5.31. The van der Waals surface area contributed by atoms with E-state index in [0.717, 1.165) is 30.6 Å². The third-order valence-corrected chi connectivity index (χ3v) is 5.31. The molecule has 1 unspecified atom stereocenters. The summed E-state index contributed by atoms with van der Waals surface area (Å²) in [5.41, 5.74) is 1.50. The van der Waals surface area contributed by atoms with Crippen molar-refractivity contribution >= 4 is 5.91 Å². The van der Waals surface area contributed by atoms with Crippen molar-refractivity contribution in [3.05, 3.63) is 17.0 Å². The van der Waals surface area contributed by atoms with Crippen LogP contribution in [0.4, 0.5) is 0 Å². The van der Waals surface area contributed by atoms with Gasteiger partial charge in [-0.15, -0.1) is 0 Å². The summed E-state index contributed by atoms with van der Waals surface area (Å²) in [6, 6.07) is 0. The summed E-state index contributed by atoms with van der Waals surface area (Å²) in [7, 11) is 3.50. The van der Waals surface area contributed by atoms with E-state index in [1.807, 2.05) is 11.7 Å². The first kappa shape index (κ1) is 18.3. The maximum Gasteiger partial charge on any atom is 0.255 e. The first-order valence-corrected chi connectivity index (χ1v) is 8.86. The predicted octanol–water partition coefficient (Wildman–Crippen LogP) is -0.730. The lowest BCUT2D eigenvalue weighted by Crippen LogP contribution is -2.59. The molecule has 3 heterocycles. The van der Waals surface area contributed by atoms with E-state index >= 15 is 0 Å². The van der Waals surface area contributed by atoms with Gasteiger partial charge in [0.05, 0.1) is 18.9 Å². The van der Waals surface area contributed by atoms with Crippen molar-refractivity contribution in [2.75, 3.05) is 39.9 Å². The van der Waals surface area contributed by atoms with Crippen molar-refractivity contribution in [1.82, 2.24) is 19.6 Å². The summed E-state index contributed by atoms with van der Waals surface area (Å²) in [5.74, 6) is -0.199. The molecule has 1 aromatic heterocycles. The quantitative estimate of drug-likeness (QED) is 0.702. The molecule has 8 heteroatoms. The van der Waals surface area contributed by atoms with Crippen LogP contribution < -0.4 is 0 Å². The minimum atomic E-state index is -1.34. The van der Waals surface area contributed by atoms with Crippen molar-refractivity contribution in [3.8, 4) is 0 Å². The molecule has 8 nitrogen and oxygen atoms in total. The van der Waals surface area contributed by atoms with E-state index in [1.165, 1.54) is 0 Å². The van der Waals surface area contributed by atoms with E-state index in [9.17, 15) is 15.0 Å². The van der Waals surface area contributed by atoms with Crippen molar-refractivity contribution in [1.29, 1.82) is 0 Å². The second-order valence-electron chi connectivity index (χ2n) is 7.03. The molecule has 2 N–H and O–H groups in total. The number of ether oxygens (including phenoxy) is 1. The highest BCUT2D eigenvalue weighted by Crippen LogP contribution is 2.28. The molecular weight excluding hydrogens is 324 g/mol. The van der Waals surface area contributed by atoms with Crippen LogP contribution >= 0.6 is 0 Å². The average molecular weight is 352 g/mol. The lowest BCUT2D eigenvalue weighted by molar-refractivity contribution is -0.160. The number of rotatable bonds is 6. The van der Waals surface area contributed by atoms with Crippen LogP contribution in [0.3, 0.4) is 0 Å². The van der Waals surface area contributed by atoms with Crippen molar-refractivity contribution in [3.63, 3.8) is 0 Å². The number of carbonyl (C=O) groups is 1. The highest BCUT2D eigenvalue weighted by molar-refractivity contribution is 5.86. The van der Waals surface area contributed by atoms with Gasteiger partial charge in [0, 0.05) is 64.6 Å². The standard InChI is InChI=1S/C17H28N4O4/c1-19-15-4-7-20(10-13(15)14(11-22)18-19)12-17(24)5-3-6-21(16(17)23)8-9-25-2/h22,24H,3-12H2,1-2H3. The number of β-amino-alcohol motifs (C(OH)–C–C–N with tert-alkyl or cyclic N) is 1. The van der Waals surface area contributed by atoms with Crippen LogP contribution in [-0.4, -0.2) is 81.2 Å². The largest absolute Gasteiger partial charge is 0.390 e. The fraction of sp³-hybridized carbons (Fsp3) is 0.765. The summed E-state index contributed by atoms with van der Waals surface area (Å²) >= 11 is 0. The summed E-state index contributed by atoms with van der Waals surface area (Å²) < 4.78 is 6.88. The Kier molecular flexibility index (Phi) is 5.43. The number of carbonyl (C=O) groups excluding carboxylic acids is 1. The van der Waals surface area contributed by atoms with E-state index in [4.69, 9.17) is 4.74 Å². The molecule has 1 fully saturated rings. The van der Waals surface area contributed by atoms with E-state index in [1.54, 1.807) is 12.0 Å². The van der Waals surface area contributed by atoms with Crippen LogP contribution in [0.1, 0.15) is 29.8 Å². The summed E-state index contributed by atoms with van der Waals surface area (Å²) in [6.45, 7) is 3.26. The number of nitrogens with zero attached hydrogens (tertiary/aromatic N) is 4. The molecule has 0 spiro atoms. The van der Waals surface area contributed by atoms with Gasteiger partial charge in [-0.25, -0.2) is 0 Å². The molecule has 0 bridgehead atoms. The van der Waals surface area contributed by atoms with Gasteiger partial charge in [-0.2, -0.15) is 5.10 Å². The summed E-state index contributed by atoms with van der Waals surface area (Å²) in [5, 5.41) is 24.9. The van der Waals surface area contributed by atoms with Crippen molar-refractivity contribution in [2.24, 2.45) is 7.05 Å². The number of aliphatic hydroxyl groups is 2. The minimum Gasteiger partial charge on any atom is -0.390 e. The number of likely N-dealkylation sites (tertiary alicyclic amines) is 1. The smallest absolute Gasteiger partial charge is 0.255 e. The lowest BCUT2D eigenvalue weighted by atomic mass is 9.90. The molecule has 1 saturated heterocycles. The monoisotopic (exact) mass is 352 g/mol. The molecule has 0 radical (unpaired) electrons. The molecule has 0 aliphatic carbocycles. The minimum absolute atomic E-state index is 0.0923. The maximum atomic E-state index is 12.7. The van der Waals surface area contributed by atoms with Crippen LogP contribution in [0.5, 0.6) is 0 Å². The van der Waals surface area contributed by atoms with Gasteiger partial charge in [-0.3, -0.25) is 14.4 Å². The van der Waals surface area contributed by atoms with Gasteiger partial charge >= 0.3 is 0 Å². The van der Waals surface area contributed by atoms with Crippen LogP contribution in [-0.2, 0) is 36.2 Å². The normalized spacial score (nSPS) is 24.6. The maximum absolute atomic E-state index is 12.7. The number of aliphatic hydroxyl groups excluding tert-OH is 1. The number of methoxy groups -OCH3 is 1. The van der Waals surface area contributed by atoms with Crippen LogP contribution in [0.2, 0.25) is 0 Å². The Morgan fingerprint density at radius 1 is 1.36 bits per heavy atom. The number of piperidine rings is 1. The molecule has 3 rings (SSSR count). The highest BCUT2D eigenvalue weighted by atomic mass is 16.5. The Labute approximate surface area is 148 Å². The van der Waals surface area contributed by atoms with Gasteiger partial charge in [0.1, 0.15) is 0 Å². The fourth-order valence-electron chi connectivity index (χ4n) is 3.98. The first-order chi connectivity index (χ1) is 12.0. The molecule has 2 aliphatic heterocycles. The topological polar surface area (TPSA) is 91.1 Å². The van der Waals surface area contributed by atoms with E-state index in [-0.39, 0.29) is 12.5 Å². The Morgan fingerprint density at radius 2 is 2.16 bits per heavy atom. The average Bonchev–Trinajstić information content (AvgIpc) is 2.92. The SMILES string of the molecule is COCCN1CCCC(O)(CN2CCc3c(c(CO)nn3C)C2)C1=O. The molecule has 0 aromatic carbocycles. The molecule has 1 atom stereocenters. The van der Waals surface area contributed by atoms with E-state index in [0.29, 0.717) is 44.9 Å². The second kappa shape index (κ2) is 7.41. The van der Waals surface area contributed by atoms with Crippen LogP contribution in [0.15, 0.2) is 0 Å². The molecule has 25 heavy (non-hydrogen) atoms. The lowest BCUT2D eigenvalue weighted by Gasteiger charge is -2.41. The molecule has 2 aliphatic rings. The van der Waals surface area contributed by atoms with Gasteiger partial charge in [-0.1, -0.05) is 0 Å². The van der Waals surface area contributed by atoms with Gasteiger partial charge in [0.2, 0.25) is 0 Å². The zero-order valence-corrected chi connectivity index (χ0v) is 15.1. The number of amides is 1. The fourth-order valence-corrected chi connectivity index (χ4v) is 3.98. The molecule has 1 aromatic rings. The van der Waals surface area contributed by atoms with Gasteiger partial charge in [0.25, 0.3) is 5.91 Å². The van der Waals surface area contributed by atoms with Crippen molar-refractivity contribution in [2.45, 2.75) is 38.0 Å². The summed E-state index contributed by atoms with van der Waals surface area (Å²) in [6.07, 6.45) is 2.08. The Hall–Kier alpha value is -1.48. The predicted molar refractivity (Wildman–Crippen MR) is 90.8 cm³/mol. The van der Waals surface area contributed by atoms with Crippen LogP contribution in [0.25, 0.3) is 0 Å². The van der Waals surface area contributed by atoms with Crippen molar-refractivity contribution < 1.29 is 19.7 Å². The second-order valence-corrected chi connectivity index (χ2v) is 7.03. The number of hydrogen-bond donors (Lipinski definition) is 2. The van der Waals surface area contributed by atoms with Gasteiger partial charge < -0.3 is 19.8 Å². The van der Waals surface area contributed by atoms with E-state index in [2.05, 4.69) is 10.00 Å². The zero-order valence-electron chi connectivity index (χ0n) is 15.1. The van der Waals surface area contributed by atoms with Crippen LogP contribution in [0, 0.1) is 0 Å². The molecule has 140 valence electrons. The van der Waals surface area contributed by atoms with Gasteiger partial charge in [0.15, 0.2) is 5.60 Å². The first-order valence-electron chi connectivity index (χ1n) is 8.86. The Bertz CT molecular complexity index is 632. The molecule has 1 amide bonds. The highest BCUT2D eigenvalue weighted by Gasteiger charge is 2.43. The number of hydrogen-bond acceptors (Lipinski definition) is 6. The van der Waals surface area contributed by atoms with Gasteiger partial charge in [-0.05, 0) is 12.8 Å². The number of aromatic nitrogens is 2. The summed E-state index contributed by atoms with van der Waals surface area (Å²) in [4.78, 5) is 16.5. The van der Waals surface area contributed by atoms with E-state index < -0.39 is 5.60 Å². The third kappa shape index (κ3) is 3.57. The molecule has 0 saturated carbocycles.